The Balaban J connectivity index is 2.53. The Hall–Kier alpha value is -0.660. The summed E-state index contributed by atoms with van der Waals surface area (Å²) in [6.07, 6.45) is 1.84. The number of carboxylic acids is 1. The van der Waals surface area contributed by atoms with Crippen molar-refractivity contribution in [3.8, 4) is 0 Å². The van der Waals surface area contributed by atoms with Gasteiger partial charge in [-0.25, -0.2) is 8.42 Å². The first-order valence-electron chi connectivity index (χ1n) is 5.83. The van der Waals surface area contributed by atoms with Crippen molar-refractivity contribution in [1.82, 2.24) is 9.62 Å². The Labute approximate surface area is 102 Å². The summed E-state index contributed by atoms with van der Waals surface area (Å²) in [5.41, 5.74) is 0. The summed E-state index contributed by atoms with van der Waals surface area (Å²) in [5, 5.41) is 11.5. The van der Waals surface area contributed by atoms with E-state index in [2.05, 4.69) is 5.32 Å². The first kappa shape index (κ1) is 14.4. The highest BCUT2D eigenvalue weighted by atomic mass is 32.2. The Morgan fingerprint density at radius 3 is 2.82 bits per heavy atom. The first-order valence-corrected chi connectivity index (χ1v) is 7.44. The number of hydrogen-bond acceptors (Lipinski definition) is 4. The van der Waals surface area contributed by atoms with Gasteiger partial charge in [0.25, 0.3) is 0 Å². The SMILES string of the molecule is CNCC1CCCN1S(=O)(=O)CCCC(=O)O. The number of carboxylic acid groups (broad SMARTS) is 1. The number of nitrogens with one attached hydrogen (secondary N) is 1. The summed E-state index contributed by atoms with van der Waals surface area (Å²) < 4.78 is 25.5. The van der Waals surface area contributed by atoms with E-state index < -0.39 is 16.0 Å². The van der Waals surface area contributed by atoms with E-state index in [4.69, 9.17) is 5.11 Å². The smallest absolute Gasteiger partial charge is 0.303 e. The van der Waals surface area contributed by atoms with Gasteiger partial charge in [0.1, 0.15) is 0 Å². The number of aliphatic carboxylic acids is 1. The minimum Gasteiger partial charge on any atom is -0.481 e. The van der Waals surface area contributed by atoms with Gasteiger partial charge in [-0.05, 0) is 26.3 Å². The molecule has 1 atom stereocenters. The standard InChI is InChI=1S/C10H20N2O4S/c1-11-8-9-4-2-6-12(9)17(15,16)7-3-5-10(13)14/h9,11H,2-8H2,1H3,(H,13,14). The third-order valence-electron chi connectivity index (χ3n) is 2.91. The predicted molar refractivity (Wildman–Crippen MR) is 64.3 cm³/mol. The van der Waals surface area contributed by atoms with Crippen molar-refractivity contribution in [1.29, 1.82) is 0 Å². The highest BCUT2D eigenvalue weighted by Gasteiger charge is 2.33. The van der Waals surface area contributed by atoms with Gasteiger partial charge in [0, 0.05) is 25.6 Å². The molecule has 1 aliphatic rings. The molecule has 0 spiro atoms. The van der Waals surface area contributed by atoms with Crippen molar-refractivity contribution in [2.24, 2.45) is 0 Å². The lowest BCUT2D eigenvalue weighted by atomic mass is 10.2. The average Bonchev–Trinajstić information content (AvgIpc) is 2.66. The number of sulfonamides is 1. The number of nitrogens with zero attached hydrogens (tertiary/aromatic N) is 1. The lowest BCUT2D eigenvalue weighted by molar-refractivity contribution is -0.137. The monoisotopic (exact) mass is 264 g/mol. The van der Waals surface area contributed by atoms with Crippen LogP contribution in [-0.4, -0.2) is 55.7 Å². The molecule has 1 rings (SSSR count). The maximum atomic E-state index is 12.0. The molecular weight excluding hydrogens is 244 g/mol. The number of likely N-dealkylation sites (N-methyl/N-ethyl adjacent to an activating group) is 1. The Kier molecular flexibility index (Phi) is 5.35. The molecule has 0 aromatic carbocycles. The van der Waals surface area contributed by atoms with Crippen molar-refractivity contribution in [3.05, 3.63) is 0 Å². The molecule has 100 valence electrons. The zero-order valence-corrected chi connectivity index (χ0v) is 10.9. The van der Waals surface area contributed by atoms with Crippen molar-refractivity contribution in [2.45, 2.75) is 31.7 Å². The van der Waals surface area contributed by atoms with Crippen LogP contribution in [-0.2, 0) is 14.8 Å². The van der Waals surface area contributed by atoms with Crippen molar-refractivity contribution < 1.29 is 18.3 Å². The third-order valence-corrected chi connectivity index (χ3v) is 4.91. The average molecular weight is 264 g/mol. The van der Waals surface area contributed by atoms with Crippen LogP contribution >= 0.6 is 0 Å². The van der Waals surface area contributed by atoms with Crippen LogP contribution in [0.2, 0.25) is 0 Å². The summed E-state index contributed by atoms with van der Waals surface area (Å²) in [6, 6.07) is 0.0230. The zero-order valence-electron chi connectivity index (χ0n) is 10.1. The van der Waals surface area contributed by atoms with Crippen LogP contribution in [0.3, 0.4) is 0 Å². The molecular formula is C10H20N2O4S. The summed E-state index contributed by atoms with van der Waals surface area (Å²) in [6.45, 7) is 1.21. The van der Waals surface area contributed by atoms with E-state index in [1.54, 1.807) is 7.05 Å². The van der Waals surface area contributed by atoms with Crippen LogP contribution in [0.15, 0.2) is 0 Å². The Morgan fingerprint density at radius 1 is 1.53 bits per heavy atom. The Bertz CT molecular complexity index is 355. The van der Waals surface area contributed by atoms with E-state index in [0.717, 1.165) is 12.8 Å². The molecule has 0 aromatic rings. The minimum atomic E-state index is -3.30. The van der Waals surface area contributed by atoms with Gasteiger partial charge in [-0.3, -0.25) is 4.79 Å². The van der Waals surface area contributed by atoms with Crippen LogP contribution in [0.5, 0.6) is 0 Å². The van der Waals surface area contributed by atoms with Gasteiger partial charge in [0.05, 0.1) is 5.75 Å². The molecule has 7 heteroatoms. The van der Waals surface area contributed by atoms with Crippen LogP contribution in [0.4, 0.5) is 0 Å². The lowest BCUT2D eigenvalue weighted by Crippen LogP contribution is -2.41. The van der Waals surface area contributed by atoms with Gasteiger partial charge in [0.2, 0.25) is 10.0 Å². The molecule has 0 bridgehead atoms. The summed E-state index contributed by atoms with van der Waals surface area (Å²) >= 11 is 0. The zero-order chi connectivity index (χ0) is 12.9. The van der Waals surface area contributed by atoms with Gasteiger partial charge < -0.3 is 10.4 Å². The normalized spacial score (nSPS) is 21.8. The highest BCUT2D eigenvalue weighted by molar-refractivity contribution is 7.89. The Morgan fingerprint density at radius 2 is 2.24 bits per heavy atom. The third kappa shape index (κ3) is 4.25. The van der Waals surface area contributed by atoms with Crippen LogP contribution in [0, 0.1) is 0 Å². The largest absolute Gasteiger partial charge is 0.481 e. The molecule has 2 N–H and O–H groups in total. The van der Waals surface area contributed by atoms with Crippen molar-refractivity contribution >= 4 is 16.0 Å². The van der Waals surface area contributed by atoms with E-state index >= 15 is 0 Å². The molecule has 17 heavy (non-hydrogen) atoms. The fourth-order valence-electron chi connectivity index (χ4n) is 2.14. The molecule has 0 radical (unpaired) electrons. The highest BCUT2D eigenvalue weighted by Crippen LogP contribution is 2.21. The summed E-state index contributed by atoms with van der Waals surface area (Å²) in [7, 11) is -1.50. The fraction of sp³-hybridized carbons (Fsp3) is 0.900. The van der Waals surface area contributed by atoms with Gasteiger partial charge in [-0.15, -0.1) is 0 Å². The van der Waals surface area contributed by atoms with Crippen LogP contribution in [0.1, 0.15) is 25.7 Å². The number of carbonyl (C=O) groups is 1. The molecule has 0 aliphatic carbocycles. The van der Waals surface area contributed by atoms with Crippen molar-refractivity contribution in [2.75, 3.05) is 25.9 Å². The molecule has 0 aromatic heterocycles. The predicted octanol–water partition coefficient (Wildman–Crippen LogP) is -0.135. The molecule has 1 aliphatic heterocycles. The summed E-state index contributed by atoms with van der Waals surface area (Å²) in [4.78, 5) is 10.4. The molecule has 0 saturated carbocycles. The lowest BCUT2D eigenvalue weighted by Gasteiger charge is -2.23. The molecule has 1 unspecified atom stereocenters. The molecule has 1 saturated heterocycles. The topological polar surface area (TPSA) is 86.7 Å². The van der Waals surface area contributed by atoms with Gasteiger partial charge >= 0.3 is 5.97 Å². The fourth-order valence-corrected chi connectivity index (χ4v) is 3.92. The maximum Gasteiger partial charge on any atom is 0.303 e. The second-order valence-corrected chi connectivity index (χ2v) is 6.32. The van der Waals surface area contributed by atoms with Crippen LogP contribution in [0.25, 0.3) is 0 Å². The van der Waals surface area contributed by atoms with E-state index in [1.807, 2.05) is 0 Å². The van der Waals surface area contributed by atoms with Gasteiger partial charge in [-0.1, -0.05) is 0 Å². The summed E-state index contributed by atoms with van der Waals surface area (Å²) in [5.74, 6) is -1.02. The number of hydrogen-bond donors (Lipinski definition) is 2. The van der Waals surface area contributed by atoms with E-state index in [1.165, 1.54) is 4.31 Å². The van der Waals surface area contributed by atoms with E-state index in [-0.39, 0.29) is 24.6 Å². The van der Waals surface area contributed by atoms with Crippen LogP contribution < -0.4 is 5.32 Å². The second kappa shape index (κ2) is 6.32. The van der Waals surface area contributed by atoms with Gasteiger partial charge in [-0.2, -0.15) is 4.31 Å². The second-order valence-electron chi connectivity index (χ2n) is 4.28. The van der Waals surface area contributed by atoms with E-state index in [9.17, 15) is 13.2 Å². The maximum absolute atomic E-state index is 12.0. The minimum absolute atomic E-state index is 0.0230. The number of rotatable bonds is 7. The van der Waals surface area contributed by atoms with E-state index in [0.29, 0.717) is 13.1 Å². The van der Waals surface area contributed by atoms with Crippen molar-refractivity contribution in [3.63, 3.8) is 0 Å². The van der Waals surface area contributed by atoms with Gasteiger partial charge in [0.15, 0.2) is 0 Å². The molecule has 1 heterocycles. The molecule has 1 fully saturated rings. The quantitative estimate of drug-likeness (QED) is 0.668. The molecule has 0 amide bonds. The first-order chi connectivity index (χ1) is 7.97. The molecule has 6 nitrogen and oxygen atoms in total.